The maximum absolute atomic E-state index is 13.3. The molecule has 1 aromatic carbocycles. The van der Waals surface area contributed by atoms with Gasteiger partial charge in [0.05, 0.1) is 11.1 Å². The van der Waals surface area contributed by atoms with E-state index in [-0.39, 0.29) is 50.2 Å². The number of ether oxygens (including phenoxy) is 3. The Morgan fingerprint density at radius 1 is 0.629 bits per heavy atom. The second kappa shape index (κ2) is 15.1. The first-order valence-corrected chi connectivity index (χ1v) is 12.6. The summed E-state index contributed by atoms with van der Waals surface area (Å²) in [7, 11) is 0. The van der Waals surface area contributed by atoms with Gasteiger partial charge in [0.1, 0.15) is 0 Å². The fourth-order valence-corrected chi connectivity index (χ4v) is 4.26. The predicted octanol–water partition coefficient (Wildman–Crippen LogP) is 8.79. The first-order chi connectivity index (χ1) is 16.4. The Hall–Kier alpha value is -1.32. The molecule has 0 aliphatic carbocycles. The molecule has 1 unspecified atom stereocenters. The molecule has 0 aliphatic heterocycles. The summed E-state index contributed by atoms with van der Waals surface area (Å²) in [5.74, 6) is -1.76. The molecule has 1 atom stereocenters. The zero-order valence-electron chi connectivity index (χ0n) is 21.3. The van der Waals surface area contributed by atoms with Gasteiger partial charge in [-0.3, -0.25) is 0 Å². The minimum Gasteiger partial charge on any atom is -0.328 e. The Morgan fingerprint density at radius 2 is 1.09 bits per heavy atom. The van der Waals surface area contributed by atoms with Crippen LogP contribution >= 0.6 is 0 Å². The Morgan fingerprint density at radius 3 is 1.51 bits per heavy atom. The molecule has 1 rings (SSSR count). The van der Waals surface area contributed by atoms with E-state index in [9.17, 15) is 26.3 Å². The highest BCUT2D eigenvalue weighted by atomic mass is 19.4. The van der Waals surface area contributed by atoms with Crippen LogP contribution in [-0.2, 0) is 33.0 Å². The maximum atomic E-state index is 13.3. The number of alkyl halides is 6. The van der Waals surface area contributed by atoms with Crippen molar-refractivity contribution in [2.24, 2.45) is 5.92 Å². The Kier molecular flexibility index (Phi) is 13.6. The third-order valence-electron chi connectivity index (χ3n) is 5.87. The van der Waals surface area contributed by atoms with E-state index in [0.717, 1.165) is 50.7 Å². The number of hydrogen-bond donors (Lipinski definition) is 0. The SMILES string of the molecule is CCCCCCCCC(CCc1cc(C(F)(F)F)cc(C(F)(F)F)c1)C(OCC)(OCC)OCC. The third-order valence-corrected chi connectivity index (χ3v) is 5.87. The normalized spacial score (nSPS) is 13.9. The molecule has 0 saturated heterocycles. The third kappa shape index (κ3) is 10.7. The molecule has 3 nitrogen and oxygen atoms in total. The lowest BCUT2D eigenvalue weighted by Crippen LogP contribution is -2.47. The van der Waals surface area contributed by atoms with Crippen LogP contribution in [0.15, 0.2) is 18.2 Å². The zero-order valence-corrected chi connectivity index (χ0v) is 21.3. The highest BCUT2D eigenvalue weighted by Crippen LogP contribution is 2.38. The number of hydrogen-bond acceptors (Lipinski definition) is 3. The van der Waals surface area contributed by atoms with Crippen LogP contribution in [0.25, 0.3) is 0 Å². The second-order valence-corrected chi connectivity index (χ2v) is 8.61. The lowest BCUT2D eigenvalue weighted by Gasteiger charge is -2.39. The molecule has 9 heteroatoms. The van der Waals surface area contributed by atoms with Crippen LogP contribution in [0.5, 0.6) is 0 Å². The van der Waals surface area contributed by atoms with Gasteiger partial charge in [0, 0.05) is 25.7 Å². The van der Waals surface area contributed by atoms with Crippen molar-refractivity contribution in [1.29, 1.82) is 0 Å². The van der Waals surface area contributed by atoms with E-state index in [2.05, 4.69) is 6.92 Å². The van der Waals surface area contributed by atoms with Crippen molar-refractivity contribution in [3.63, 3.8) is 0 Å². The number of benzene rings is 1. The summed E-state index contributed by atoms with van der Waals surface area (Å²) in [5.41, 5.74) is -2.64. The summed E-state index contributed by atoms with van der Waals surface area (Å²) in [6.45, 7) is 8.36. The van der Waals surface area contributed by atoms with Gasteiger partial charge < -0.3 is 14.2 Å². The van der Waals surface area contributed by atoms with Crippen LogP contribution in [0.1, 0.15) is 95.8 Å². The molecule has 35 heavy (non-hydrogen) atoms. The topological polar surface area (TPSA) is 27.7 Å². The van der Waals surface area contributed by atoms with Gasteiger partial charge in [-0.15, -0.1) is 0 Å². The van der Waals surface area contributed by atoms with Gasteiger partial charge in [-0.25, -0.2) is 0 Å². The summed E-state index contributed by atoms with van der Waals surface area (Å²) in [4.78, 5) is 0. The summed E-state index contributed by atoms with van der Waals surface area (Å²) in [6.07, 6.45) is -2.60. The van der Waals surface area contributed by atoms with Crippen LogP contribution in [0.3, 0.4) is 0 Å². The average molecular weight is 515 g/mol. The lowest BCUT2D eigenvalue weighted by atomic mass is 9.90. The summed E-state index contributed by atoms with van der Waals surface area (Å²) in [6, 6.07) is 1.74. The van der Waals surface area contributed by atoms with Crippen molar-refractivity contribution in [2.75, 3.05) is 19.8 Å². The minimum absolute atomic E-state index is 0.00245. The highest BCUT2D eigenvalue weighted by Gasteiger charge is 2.42. The van der Waals surface area contributed by atoms with Gasteiger partial charge in [-0.2, -0.15) is 26.3 Å². The fourth-order valence-electron chi connectivity index (χ4n) is 4.26. The van der Waals surface area contributed by atoms with Crippen molar-refractivity contribution in [3.8, 4) is 0 Å². The standard InChI is InChI=1S/C26H40F6O3/c1-5-9-10-11-12-13-14-21(26(33-6-2,34-7-3)35-8-4)16-15-20-17-22(24(27,28)29)19-23(18-20)25(30,31)32/h17-19,21H,5-16H2,1-4H3. The maximum Gasteiger partial charge on any atom is 0.416 e. The highest BCUT2D eigenvalue weighted by molar-refractivity contribution is 5.33. The van der Waals surface area contributed by atoms with Gasteiger partial charge in [0.25, 0.3) is 5.97 Å². The Balaban J connectivity index is 3.20. The molecule has 0 fully saturated rings. The molecule has 0 saturated carbocycles. The number of halogens is 6. The van der Waals surface area contributed by atoms with Crippen LogP contribution in [0, 0.1) is 5.92 Å². The zero-order chi connectivity index (χ0) is 26.5. The second-order valence-electron chi connectivity index (χ2n) is 8.61. The van der Waals surface area contributed by atoms with E-state index in [0.29, 0.717) is 6.42 Å². The van der Waals surface area contributed by atoms with Crippen molar-refractivity contribution < 1.29 is 40.6 Å². The van der Waals surface area contributed by atoms with E-state index in [4.69, 9.17) is 14.2 Å². The molecule has 0 aliphatic rings. The summed E-state index contributed by atoms with van der Waals surface area (Å²) >= 11 is 0. The smallest absolute Gasteiger partial charge is 0.328 e. The quantitative estimate of drug-likeness (QED) is 0.118. The predicted molar refractivity (Wildman–Crippen MR) is 124 cm³/mol. The monoisotopic (exact) mass is 514 g/mol. The van der Waals surface area contributed by atoms with E-state index in [1.54, 1.807) is 20.8 Å². The Bertz CT molecular complexity index is 669. The summed E-state index contributed by atoms with van der Waals surface area (Å²) < 4.78 is 97.5. The molecule has 204 valence electrons. The van der Waals surface area contributed by atoms with E-state index >= 15 is 0 Å². The molecular formula is C26H40F6O3. The average Bonchev–Trinajstić information content (AvgIpc) is 2.77. The largest absolute Gasteiger partial charge is 0.416 e. The van der Waals surface area contributed by atoms with Crippen molar-refractivity contribution in [2.45, 2.75) is 104 Å². The van der Waals surface area contributed by atoms with Gasteiger partial charge in [-0.05, 0) is 63.8 Å². The van der Waals surface area contributed by atoms with Crippen LogP contribution in [0.4, 0.5) is 26.3 Å². The molecule has 0 amide bonds. The molecule has 0 aromatic heterocycles. The molecule has 0 spiro atoms. The number of rotatable bonds is 17. The molecule has 0 bridgehead atoms. The van der Waals surface area contributed by atoms with E-state index in [1.165, 1.54) is 0 Å². The first-order valence-electron chi connectivity index (χ1n) is 12.6. The fraction of sp³-hybridized carbons (Fsp3) is 0.769. The number of aryl methyl sites for hydroxylation is 1. The summed E-state index contributed by atoms with van der Waals surface area (Å²) in [5, 5.41) is 0. The molecular weight excluding hydrogens is 474 g/mol. The molecule has 0 N–H and O–H groups in total. The molecule has 1 aromatic rings. The van der Waals surface area contributed by atoms with E-state index < -0.39 is 29.5 Å². The minimum atomic E-state index is -4.88. The van der Waals surface area contributed by atoms with Crippen molar-refractivity contribution in [1.82, 2.24) is 0 Å². The van der Waals surface area contributed by atoms with Crippen molar-refractivity contribution >= 4 is 0 Å². The first kappa shape index (κ1) is 31.7. The van der Waals surface area contributed by atoms with Gasteiger partial charge in [-0.1, -0.05) is 45.4 Å². The van der Waals surface area contributed by atoms with Crippen LogP contribution < -0.4 is 0 Å². The van der Waals surface area contributed by atoms with Gasteiger partial charge >= 0.3 is 12.4 Å². The van der Waals surface area contributed by atoms with Crippen LogP contribution in [-0.4, -0.2) is 25.8 Å². The van der Waals surface area contributed by atoms with Crippen molar-refractivity contribution in [3.05, 3.63) is 34.9 Å². The van der Waals surface area contributed by atoms with Gasteiger partial charge in [0.15, 0.2) is 0 Å². The van der Waals surface area contributed by atoms with Crippen LogP contribution in [0.2, 0.25) is 0 Å². The Labute approximate surface area is 205 Å². The molecule has 0 heterocycles. The number of unbranched alkanes of at least 4 members (excludes halogenated alkanes) is 5. The lowest BCUT2D eigenvalue weighted by molar-refractivity contribution is -0.403. The molecule has 0 radical (unpaired) electrons. The van der Waals surface area contributed by atoms with E-state index in [1.807, 2.05) is 0 Å². The van der Waals surface area contributed by atoms with Gasteiger partial charge in [0.2, 0.25) is 0 Å².